The van der Waals surface area contributed by atoms with Crippen molar-refractivity contribution in [2.75, 3.05) is 13.2 Å². The molecular weight excluding hydrogens is 414 g/mol. The molecule has 0 spiro atoms. The molecule has 2 aromatic carbocycles. The van der Waals surface area contributed by atoms with E-state index in [0.29, 0.717) is 30.7 Å². The topological polar surface area (TPSA) is 96.9 Å². The van der Waals surface area contributed by atoms with E-state index >= 15 is 0 Å². The van der Waals surface area contributed by atoms with Crippen molar-refractivity contribution in [1.82, 2.24) is 10.0 Å². The molecule has 1 aliphatic rings. The summed E-state index contributed by atoms with van der Waals surface area (Å²) in [7, 11) is -3.73. The molecule has 0 aliphatic carbocycles. The van der Waals surface area contributed by atoms with Crippen LogP contribution in [0, 0.1) is 6.92 Å². The van der Waals surface area contributed by atoms with Gasteiger partial charge in [-0.05, 0) is 31.9 Å². The summed E-state index contributed by atoms with van der Waals surface area (Å²) in [4.78, 5) is 16.8. The first kappa shape index (κ1) is 22.6. The van der Waals surface area contributed by atoms with Gasteiger partial charge in [0.05, 0.1) is 6.61 Å². The Morgan fingerprint density at radius 3 is 2.48 bits per heavy atom. The highest BCUT2D eigenvalue weighted by molar-refractivity contribution is 8.00. The predicted octanol–water partition coefficient (Wildman–Crippen LogP) is 3.16. The van der Waals surface area contributed by atoms with Gasteiger partial charge in [0.1, 0.15) is 23.0 Å². The standard InChI is InChI=1S/C23H27N3O4S/c1-4-19-22(17-12-10-16(3)11-13-17)31(28,29)26-23(19)25-15-21(27)24-14-18-8-6-7-9-20(18)30-5-2/h6-13H,4-5,14-15H2,1-3H3,(H,24,27)(H,25,26). The van der Waals surface area contributed by atoms with Gasteiger partial charge >= 0.3 is 0 Å². The van der Waals surface area contributed by atoms with Crippen LogP contribution in [0.5, 0.6) is 5.75 Å². The minimum Gasteiger partial charge on any atom is -0.494 e. The maximum Gasteiger partial charge on any atom is 0.264 e. The second kappa shape index (κ2) is 9.78. The third kappa shape index (κ3) is 5.32. The molecular formula is C23H27N3O4S. The zero-order valence-corrected chi connectivity index (χ0v) is 18.8. The Balaban J connectivity index is 1.74. The number of nitrogens with one attached hydrogen (secondary N) is 2. The van der Waals surface area contributed by atoms with Crippen LogP contribution in [0.4, 0.5) is 0 Å². The minimum atomic E-state index is -3.73. The number of hydrogen-bond donors (Lipinski definition) is 2. The maximum absolute atomic E-state index is 12.7. The second-order valence-electron chi connectivity index (χ2n) is 7.12. The monoisotopic (exact) mass is 441 g/mol. The van der Waals surface area contributed by atoms with E-state index in [1.54, 1.807) is 12.1 Å². The number of sulfonamides is 1. The molecule has 0 radical (unpaired) electrons. The summed E-state index contributed by atoms with van der Waals surface area (Å²) in [5.41, 5.74) is 3.10. The average Bonchev–Trinajstić information content (AvgIpc) is 3.02. The van der Waals surface area contributed by atoms with Crippen LogP contribution in [0.1, 0.15) is 37.0 Å². The van der Waals surface area contributed by atoms with Gasteiger partial charge in [-0.3, -0.25) is 14.5 Å². The second-order valence-corrected chi connectivity index (χ2v) is 8.73. The van der Waals surface area contributed by atoms with Crippen LogP contribution < -0.4 is 14.8 Å². The summed E-state index contributed by atoms with van der Waals surface area (Å²) in [6, 6.07) is 14.8. The molecule has 2 aromatic rings. The third-order valence-electron chi connectivity index (χ3n) is 4.86. The molecule has 0 saturated heterocycles. The fourth-order valence-electron chi connectivity index (χ4n) is 3.35. The number of ether oxygens (including phenoxy) is 1. The van der Waals surface area contributed by atoms with Crippen LogP contribution in [0.25, 0.3) is 4.91 Å². The first-order chi connectivity index (χ1) is 14.9. The van der Waals surface area contributed by atoms with Crippen LogP contribution in [-0.4, -0.2) is 33.3 Å². The van der Waals surface area contributed by atoms with Gasteiger partial charge in [0.25, 0.3) is 10.0 Å². The van der Waals surface area contributed by atoms with Gasteiger partial charge in [0, 0.05) is 17.7 Å². The van der Waals surface area contributed by atoms with Gasteiger partial charge in [-0.2, -0.15) is 0 Å². The zero-order valence-electron chi connectivity index (χ0n) is 17.9. The highest BCUT2D eigenvalue weighted by atomic mass is 32.2. The van der Waals surface area contributed by atoms with Crippen LogP contribution >= 0.6 is 0 Å². The van der Waals surface area contributed by atoms with E-state index in [1.165, 1.54) is 0 Å². The van der Waals surface area contributed by atoms with E-state index in [2.05, 4.69) is 15.0 Å². The number of carbonyl (C=O) groups excluding carboxylic acids is 1. The molecule has 1 amide bonds. The number of carbonyl (C=O) groups is 1. The van der Waals surface area contributed by atoms with E-state index in [9.17, 15) is 13.2 Å². The Morgan fingerprint density at radius 1 is 1.10 bits per heavy atom. The fraction of sp³-hybridized carbons (Fsp3) is 0.304. The summed E-state index contributed by atoms with van der Waals surface area (Å²) >= 11 is 0. The molecule has 0 aromatic heterocycles. The number of amides is 1. The quantitative estimate of drug-likeness (QED) is 0.658. The molecule has 7 nitrogen and oxygen atoms in total. The van der Waals surface area contributed by atoms with Gasteiger partial charge in [-0.15, -0.1) is 0 Å². The van der Waals surface area contributed by atoms with Crippen molar-refractivity contribution in [1.29, 1.82) is 0 Å². The Kier molecular flexibility index (Phi) is 7.12. The number of amidine groups is 1. The smallest absolute Gasteiger partial charge is 0.264 e. The van der Waals surface area contributed by atoms with Gasteiger partial charge in [0.15, 0.2) is 0 Å². The van der Waals surface area contributed by atoms with Gasteiger partial charge < -0.3 is 10.1 Å². The molecule has 8 heteroatoms. The molecule has 31 heavy (non-hydrogen) atoms. The van der Waals surface area contributed by atoms with Crippen molar-refractivity contribution in [3.63, 3.8) is 0 Å². The number of nitrogens with zero attached hydrogens (tertiary/aromatic N) is 1. The summed E-state index contributed by atoms with van der Waals surface area (Å²) in [5.74, 6) is 0.638. The van der Waals surface area contributed by atoms with Crippen molar-refractivity contribution in [2.45, 2.75) is 33.7 Å². The number of rotatable bonds is 8. The lowest BCUT2D eigenvalue weighted by molar-refractivity contribution is -0.119. The zero-order chi connectivity index (χ0) is 22.4. The Hall–Kier alpha value is -3.13. The highest BCUT2D eigenvalue weighted by Gasteiger charge is 2.34. The lowest BCUT2D eigenvalue weighted by Gasteiger charge is -2.10. The predicted molar refractivity (Wildman–Crippen MR) is 122 cm³/mol. The van der Waals surface area contributed by atoms with Crippen molar-refractivity contribution in [3.05, 3.63) is 70.8 Å². The third-order valence-corrected chi connectivity index (χ3v) is 6.34. The molecule has 3 rings (SSSR count). The van der Waals surface area contributed by atoms with Crippen molar-refractivity contribution in [3.8, 4) is 5.75 Å². The lowest BCUT2D eigenvalue weighted by Crippen LogP contribution is -2.28. The minimum absolute atomic E-state index is 0.181. The summed E-state index contributed by atoms with van der Waals surface area (Å²) in [5, 5.41) is 2.81. The van der Waals surface area contributed by atoms with Crippen molar-refractivity contribution < 1.29 is 17.9 Å². The molecule has 1 heterocycles. The first-order valence-electron chi connectivity index (χ1n) is 10.2. The van der Waals surface area contributed by atoms with Gasteiger partial charge in [-0.1, -0.05) is 55.0 Å². The number of para-hydroxylation sites is 1. The highest BCUT2D eigenvalue weighted by Crippen LogP contribution is 2.31. The van der Waals surface area contributed by atoms with E-state index in [4.69, 9.17) is 4.74 Å². The van der Waals surface area contributed by atoms with Gasteiger partial charge in [-0.25, -0.2) is 8.42 Å². The molecule has 0 bridgehead atoms. The molecule has 0 unspecified atom stereocenters. The van der Waals surface area contributed by atoms with E-state index in [-0.39, 0.29) is 23.2 Å². The molecule has 0 atom stereocenters. The summed E-state index contributed by atoms with van der Waals surface area (Å²) < 4.78 is 33.5. The average molecular weight is 442 g/mol. The van der Waals surface area contributed by atoms with E-state index in [1.807, 2.05) is 57.2 Å². The Labute approximate surface area is 183 Å². The lowest BCUT2D eigenvalue weighted by atomic mass is 10.1. The van der Waals surface area contributed by atoms with E-state index in [0.717, 1.165) is 16.9 Å². The fourth-order valence-corrected chi connectivity index (χ4v) is 4.90. The maximum atomic E-state index is 12.7. The first-order valence-corrected chi connectivity index (χ1v) is 11.7. The Morgan fingerprint density at radius 2 is 1.81 bits per heavy atom. The molecule has 0 fully saturated rings. The van der Waals surface area contributed by atoms with Crippen molar-refractivity contribution in [2.24, 2.45) is 4.99 Å². The van der Waals surface area contributed by atoms with Crippen molar-refractivity contribution >= 4 is 26.7 Å². The number of hydrogen-bond acceptors (Lipinski definition) is 5. The van der Waals surface area contributed by atoms with E-state index < -0.39 is 10.0 Å². The summed E-state index contributed by atoms with van der Waals surface area (Å²) in [6.07, 6.45) is 0.470. The largest absolute Gasteiger partial charge is 0.494 e. The number of benzene rings is 2. The molecule has 2 N–H and O–H groups in total. The van der Waals surface area contributed by atoms with Crippen LogP contribution in [0.3, 0.4) is 0 Å². The van der Waals surface area contributed by atoms with Crippen LogP contribution in [0.15, 0.2) is 59.1 Å². The SMILES string of the molecule is CCOc1ccccc1CNC(=O)CN=C1NS(=O)(=O)C(c2ccc(C)cc2)=C1CC. The molecule has 164 valence electrons. The molecule has 0 saturated carbocycles. The Bertz CT molecular complexity index is 1120. The normalized spacial score (nSPS) is 16.3. The molecule has 1 aliphatic heterocycles. The van der Waals surface area contributed by atoms with Crippen LogP contribution in [0.2, 0.25) is 0 Å². The van der Waals surface area contributed by atoms with Gasteiger partial charge in [0.2, 0.25) is 5.91 Å². The number of aliphatic imine (C=N–C) groups is 1. The summed E-state index contributed by atoms with van der Waals surface area (Å²) in [6.45, 7) is 6.37. The van der Waals surface area contributed by atoms with Crippen LogP contribution in [-0.2, 0) is 21.4 Å². The number of aryl methyl sites for hydroxylation is 1.